The van der Waals surface area contributed by atoms with Gasteiger partial charge in [0, 0.05) is 30.6 Å². The lowest BCUT2D eigenvalue weighted by Gasteiger charge is -2.56. The third-order valence-electron chi connectivity index (χ3n) is 12.5. The molecule has 3 aromatic rings. The number of urea groups is 1. The van der Waals surface area contributed by atoms with Crippen molar-refractivity contribution in [1.82, 2.24) is 15.5 Å². The summed E-state index contributed by atoms with van der Waals surface area (Å²) in [5.74, 6) is 2.17. The number of aliphatic hydroxyl groups is 1. The van der Waals surface area contributed by atoms with Crippen LogP contribution < -0.4 is 10.6 Å². The molecule has 2 amide bonds. The van der Waals surface area contributed by atoms with Gasteiger partial charge < -0.3 is 30.0 Å². The molecule has 288 valence electrons. The molecule has 3 aromatic carbocycles. The van der Waals surface area contributed by atoms with Gasteiger partial charge >= 0.3 is 12.0 Å². The largest absolute Gasteiger partial charge is 0.459 e. The predicted octanol–water partition coefficient (Wildman–Crippen LogP) is 7.97. The lowest BCUT2D eigenvalue weighted by molar-refractivity contribution is -0.253. The van der Waals surface area contributed by atoms with E-state index in [9.17, 15) is 14.7 Å². The van der Waals surface area contributed by atoms with E-state index >= 15 is 0 Å². The molecule has 4 aliphatic carbocycles. The summed E-state index contributed by atoms with van der Waals surface area (Å²) in [6, 6.07) is 24.2. The number of aliphatic hydroxyl groups excluding tert-OH is 1. The molecule has 4 bridgehead atoms. The van der Waals surface area contributed by atoms with Crippen LogP contribution in [0.2, 0.25) is 0 Å². The molecule has 2 heterocycles. The van der Waals surface area contributed by atoms with Gasteiger partial charge in [0.2, 0.25) is 0 Å². The molecular weight excluding hydrogens is 679 g/mol. The van der Waals surface area contributed by atoms with Crippen molar-refractivity contribution in [2.45, 2.75) is 127 Å². The number of amides is 2. The average Bonchev–Trinajstić information content (AvgIpc) is 3.61. The number of rotatable bonds is 10. The number of nitrogens with zero attached hydrogens (tertiary/aromatic N) is 1. The maximum atomic E-state index is 13.3. The molecule has 54 heavy (non-hydrogen) atoms. The topological polar surface area (TPSA) is 109 Å². The maximum absolute atomic E-state index is 13.3. The van der Waals surface area contributed by atoms with Gasteiger partial charge in [-0.3, -0.25) is 9.69 Å². The summed E-state index contributed by atoms with van der Waals surface area (Å²) in [4.78, 5) is 28.6. The fourth-order valence-electron chi connectivity index (χ4n) is 10.5. The number of nitrogens with one attached hydrogen (secondary N) is 2. The first-order chi connectivity index (χ1) is 26.0. The van der Waals surface area contributed by atoms with E-state index in [2.05, 4.69) is 51.9 Å². The number of hydrogen-bond acceptors (Lipinski definition) is 7. The van der Waals surface area contributed by atoms with E-state index in [0.717, 1.165) is 89.8 Å². The van der Waals surface area contributed by atoms with Gasteiger partial charge in [0.15, 0.2) is 6.29 Å². The van der Waals surface area contributed by atoms with Gasteiger partial charge in [0.05, 0.1) is 18.8 Å². The first-order valence-electron chi connectivity index (χ1n) is 20.2. The molecule has 4 atom stereocenters. The van der Waals surface area contributed by atoms with Crippen molar-refractivity contribution in [3.05, 3.63) is 95.1 Å². The third-order valence-corrected chi connectivity index (χ3v) is 12.5. The third kappa shape index (κ3) is 8.40. The Morgan fingerprint density at radius 1 is 0.870 bits per heavy atom. The fourth-order valence-corrected chi connectivity index (χ4v) is 10.5. The van der Waals surface area contributed by atoms with Crippen molar-refractivity contribution in [2.24, 2.45) is 17.8 Å². The fraction of sp³-hybridized carbons (Fsp3) is 0.556. The minimum absolute atomic E-state index is 0.0121. The second kappa shape index (κ2) is 15.4. The highest BCUT2D eigenvalue weighted by Crippen LogP contribution is 2.55. The summed E-state index contributed by atoms with van der Waals surface area (Å²) in [6.45, 7) is 7.58. The molecule has 2 aliphatic heterocycles. The van der Waals surface area contributed by atoms with Crippen LogP contribution in [-0.2, 0) is 32.2 Å². The van der Waals surface area contributed by atoms with Gasteiger partial charge in [0.25, 0.3) is 0 Å². The Balaban J connectivity index is 0.955. The van der Waals surface area contributed by atoms with Crippen molar-refractivity contribution in [3.8, 4) is 11.1 Å². The lowest BCUT2D eigenvalue weighted by Crippen LogP contribution is -2.61. The highest BCUT2D eigenvalue weighted by molar-refractivity contribution is 5.77. The van der Waals surface area contributed by atoms with Crippen molar-refractivity contribution < 1.29 is 28.9 Å². The van der Waals surface area contributed by atoms with Crippen LogP contribution in [0.1, 0.15) is 113 Å². The Bertz CT molecular complexity index is 1750. The summed E-state index contributed by atoms with van der Waals surface area (Å²) >= 11 is 0. The number of carbonyl (C=O) groups is 2. The molecule has 9 rings (SSSR count). The van der Waals surface area contributed by atoms with Crippen LogP contribution in [0.15, 0.2) is 72.8 Å². The van der Waals surface area contributed by atoms with Gasteiger partial charge in [-0.2, -0.15) is 0 Å². The standard InChI is InChI=1S/C45H57N3O6/c1-44(2,3)54-41(50)39-9-6-18-48(39)27-37-22-40(34-12-10-29(28-49)11-13-34)53-42(52-37)35-16-14-33(15-17-35)38-8-5-4-7-36(38)26-46-43(51)47-45-23-30-19-31(24-45)21-32(20-30)25-45/h4-5,7-8,10-17,30-32,37,39-40,42,49H,6,9,18-28H2,1-3H3,(H2,46,47,51)/t30?,31?,32?,37-,39-,40+,42+,45?/m0/s1. The van der Waals surface area contributed by atoms with Crippen LogP contribution in [-0.4, -0.2) is 58.4 Å². The summed E-state index contributed by atoms with van der Waals surface area (Å²) < 4.78 is 19.1. The minimum Gasteiger partial charge on any atom is -0.459 e. The van der Waals surface area contributed by atoms with E-state index in [1.54, 1.807) is 0 Å². The molecule has 4 saturated carbocycles. The molecule has 0 aromatic heterocycles. The zero-order valence-electron chi connectivity index (χ0n) is 32.1. The van der Waals surface area contributed by atoms with Gasteiger partial charge in [0.1, 0.15) is 11.6 Å². The number of ether oxygens (including phenoxy) is 3. The van der Waals surface area contributed by atoms with E-state index < -0.39 is 11.9 Å². The van der Waals surface area contributed by atoms with Crippen LogP contribution in [0.25, 0.3) is 11.1 Å². The lowest BCUT2D eigenvalue weighted by atomic mass is 9.53. The van der Waals surface area contributed by atoms with Crippen LogP contribution >= 0.6 is 0 Å². The number of hydrogen-bond donors (Lipinski definition) is 3. The number of esters is 1. The normalized spacial score (nSPS) is 30.6. The minimum atomic E-state index is -0.604. The smallest absolute Gasteiger partial charge is 0.323 e. The molecule has 9 nitrogen and oxygen atoms in total. The molecular formula is C45H57N3O6. The predicted molar refractivity (Wildman–Crippen MR) is 207 cm³/mol. The number of carbonyl (C=O) groups excluding carboxylic acids is 2. The second-order valence-corrected chi connectivity index (χ2v) is 17.8. The Kier molecular flexibility index (Phi) is 10.6. The zero-order valence-corrected chi connectivity index (χ0v) is 32.1. The number of benzene rings is 3. The average molecular weight is 736 g/mol. The first-order valence-corrected chi connectivity index (χ1v) is 20.2. The summed E-state index contributed by atoms with van der Waals surface area (Å²) in [5, 5.41) is 16.3. The van der Waals surface area contributed by atoms with Crippen LogP contribution in [0.5, 0.6) is 0 Å². The Morgan fingerprint density at radius 2 is 1.54 bits per heavy atom. The highest BCUT2D eigenvalue weighted by atomic mass is 16.7. The summed E-state index contributed by atoms with van der Waals surface area (Å²) in [7, 11) is 0. The van der Waals surface area contributed by atoms with Crippen LogP contribution in [0.3, 0.4) is 0 Å². The van der Waals surface area contributed by atoms with E-state index in [-0.39, 0.29) is 42.4 Å². The molecule has 0 unspecified atom stereocenters. The Morgan fingerprint density at radius 3 is 2.20 bits per heavy atom. The van der Waals surface area contributed by atoms with Crippen molar-refractivity contribution >= 4 is 12.0 Å². The molecule has 0 spiro atoms. The Labute approximate surface area is 320 Å². The second-order valence-electron chi connectivity index (χ2n) is 17.8. The molecule has 9 heteroatoms. The SMILES string of the molecule is CC(C)(C)OC(=O)[C@@H]1CCCN1C[C@@H]1C[C@H](c2ccc(CO)cc2)O[C@H](c2ccc(-c3ccccc3CNC(=O)NC34CC5CC(CC(C5)C3)C4)cc2)O1. The van der Waals surface area contributed by atoms with E-state index in [4.69, 9.17) is 14.2 Å². The molecule has 3 N–H and O–H groups in total. The monoisotopic (exact) mass is 735 g/mol. The van der Waals surface area contributed by atoms with Crippen molar-refractivity contribution in [3.63, 3.8) is 0 Å². The maximum Gasteiger partial charge on any atom is 0.323 e. The zero-order chi connectivity index (χ0) is 37.5. The highest BCUT2D eigenvalue weighted by Gasteiger charge is 2.51. The molecule has 0 radical (unpaired) electrons. The van der Waals surface area contributed by atoms with E-state index in [0.29, 0.717) is 19.5 Å². The van der Waals surface area contributed by atoms with Crippen LogP contribution in [0.4, 0.5) is 4.79 Å². The Hall–Kier alpha value is -3.76. The van der Waals surface area contributed by atoms with Crippen molar-refractivity contribution in [1.29, 1.82) is 0 Å². The molecule has 2 saturated heterocycles. The van der Waals surface area contributed by atoms with E-state index in [1.807, 2.05) is 57.2 Å². The molecule has 6 aliphatic rings. The summed E-state index contributed by atoms with van der Waals surface area (Å²) in [5.41, 5.74) is 5.43. The number of likely N-dealkylation sites (tertiary alicyclic amines) is 1. The summed E-state index contributed by atoms with van der Waals surface area (Å²) in [6.07, 6.45) is 8.80. The van der Waals surface area contributed by atoms with Gasteiger partial charge in [-0.25, -0.2) is 4.79 Å². The van der Waals surface area contributed by atoms with Gasteiger partial charge in [-0.05, 0) is 124 Å². The van der Waals surface area contributed by atoms with E-state index in [1.165, 1.54) is 19.3 Å². The molecule has 6 fully saturated rings. The first kappa shape index (κ1) is 37.2. The van der Waals surface area contributed by atoms with Gasteiger partial charge in [-0.15, -0.1) is 0 Å². The van der Waals surface area contributed by atoms with Gasteiger partial charge in [-0.1, -0.05) is 72.8 Å². The van der Waals surface area contributed by atoms with Crippen LogP contribution in [0, 0.1) is 17.8 Å². The van der Waals surface area contributed by atoms with Crippen molar-refractivity contribution in [2.75, 3.05) is 13.1 Å². The quantitative estimate of drug-likeness (QED) is 0.181.